The fourth-order valence-corrected chi connectivity index (χ4v) is 36.7. The van der Waals surface area contributed by atoms with Gasteiger partial charge in [-0.25, -0.2) is 4.68 Å². The minimum atomic E-state index is -0.622. The number of aliphatic hydroxyl groups is 4. The van der Waals surface area contributed by atoms with Gasteiger partial charge in [0.25, 0.3) is 0 Å². The molecular weight excluding hydrogens is 1750 g/mol. The van der Waals surface area contributed by atoms with Crippen LogP contribution in [0.15, 0.2) is 97.8 Å². The first-order valence-corrected chi connectivity index (χ1v) is 56.1. The van der Waals surface area contributed by atoms with Crippen LogP contribution < -0.4 is 0 Å². The monoisotopic (exact) mass is 1920 g/mol. The zero-order chi connectivity index (χ0) is 96.8. The number of pyridine rings is 2. The average Bonchev–Trinajstić information content (AvgIpc) is 1.49. The number of nitrogens with zero attached hydrogens (tertiary/aromatic N) is 12. The van der Waals surface area contributed by atoms with Crippen molar-refractivity contribution in [3.05, 3.63) is 97.8 Å². The largest absolute Gasteiger partial charge is 0.387 e. The lowest BCUT2D eigenvalue weighted by molar-refractivity contribution is -0.138. The smallest absolute Gasteiger partial charge is 0.159 e. The van der Waals surface area contributed by atoms with E-state index in [1.54, 1.807) is 28.1 Å². The number of aromatic nitrogens is 12. The summed E-state index contributed by atoms with van der Waals surface area (Å²) in [6, 6.07) is 19.7. The number of para-hydroxylation sites is 1. The number of rotatable bonds is 24. The Morgan fingerprint density at radius 2 is 0.686 bits per heavy atom. The van der Waals surface area contributed by atoms with Crippen LogP contribution in [-0.4, -0.2) is 178 Å². The van der Waals surface area contributed by atoms with Crippen molar-refractivity contribution in [3.63, 3.8) is 0 Å². The first-order valence-electron chi connectivity index (χ1n) is 56.1. The minimum absolute atomic E-state index is 0.113. The lowest BCUT2D eigenvalue weighted by Gasteiger charge is -2.57. The molecule has 0 amide bonds. The van der Waals surface area contributed by atoms with Crippen LogP contribution in [0.1, 0.15) is 287 Å². The van der Waals surface area contributed by atoms with Crippen molar-refractivity contribution in [2.75, 3.05) is 52.9 Å². The van der Waals surface area contributed by atoms with Crippen LogP contribution in [0.25, 0.3) is 43.9 Å². The molecule has 0 unspecified atom stereocenters. The molecule has 16 aliphatic carbocycles. The second-order valence-corrected chi connectivity index (χ2v) is 49.7. The van der Waals surface area contributed by atoms with Crippen LogP contribution in [-0.2, 0) is 64.3 Å². The Kier molecular flexibility index (Phi) is 28.4. The van der Waals surface area contributed by atoms with Gasteiger partial charge in [0.2, 0.25) is 0 Å². The first-order chi connectivity index (χ1) is 67.6. The molecule has 0 spiro atoms. The number of carbonyl (C=O) groups excluding carboxylic acids is 4. The van der Waals surface area contributed by atoms with Crippen LogP contribution in [0.5, 0.6) is 0 Å². The van der Waals surface area contributed by atoms with Crippen LogP contribution in [0.2, 0.25) is 0 Å². The summed E-state index contributed by atoms with van der Waals surface area (Å²) < 4.78 is 28.0. The van der Waals surface area contributed by atoms with Crippen molar-refractivity contribution in [2.24, 2.45) is 164 Å². The Hall–Kier alpha value is -7.16. The van der Waals surface area contributed by atoms with Crippen molar-refractivity contribution in [1.29, 1.82) is 0 Å². The highest BCUT2D eigenvalue weighted by Crippen LogP contribution is 2.71. The molecule has 16 aliphatic rings. The highest BCUT2D eigenvalue weighted by molar-refractivity contribution is 5.87. The molecule has 0 saturated heterocycles. The number of hydrogen-bond acceptors (Lipinski definition) is 20. The van der Waals surface area contributed by atoms with E-state index in [2.05, 4.69) is 68.4 Å². The van der Waals surface area contributed by atoms with Crippen LogP contribution in [0.3, 0.4) is 0 Å². The van der Waals surface area contributed by atoms with Gasteiger partial charge < -0.3 is 39.4 Å². The predicted molar refractivity (Wildman–Crippen MR) is 538 cm³/mol. The number of carbonyl (C=O) groups is 4. The van der Waals surface area contributed by atoms with Gasteiger partial charge in [0.05, 0.1) is 85.0 Å². The maximum atomic E-state index is 13.6. The summed E-state index contributed by atoms with van der Waals surface area (Å²) in [4.78, 5) is 64.4. The molecule has 760 valence electrons. The third kappa shape index (κ3) is 18.8. The van der Waals surface area contributed by atoms with Crippen molar-refractivity contribution >= 4 is 67.0 Å². The van der Waals surface area contributed by atoms with Gasteiger partial charge in [0.15, 0.2) is 23.1 Å². The Labute approximate surface area is 829 Å². The molecule has 32 atom stereocenters. The summed E-state index contributed by atoms with van der Waals surface area (Å²) in [6.07, 6.45) is 51.3. The van der Waals surface area contributed by atoms with E-state index in [1.807, 2.05) is 116 Å². The fourth-order valence-electron chi connectivity index (χ4n) is 36.7. The Balaban J connectivity index is 0.000000111. The second-order valence-electron chi connectivity index (χ2n) is 49.7. The molecule has 6 aromatic heterocycles. The first kappa shape index (κ1) is 98.8. The predicted octanol–water partition coefficient (Wildman–Crippen LogP) is 20.1. The molecule has 4 N–H and O–H groups in total. The summed E-state index contributed by atoms with van der Waals surface area (Å²) in [5, 5.41) is 73.3. The van der Waals surface area contributed by atoms with E-state index >= 15 is 0 Å². The van der Waals surface area contributed by atoms with E-state index in [0.717, 1.165) is 224 Å². The Morgan fingerprint density at radius 3 is 1.08 bits per heavy atom. The SMILES string of the molecule is CCOC[C@@]1(O)CC[C@H]2[C@@H](CC[C@@H]3[C@@H]2CC[C@]2(C)[C@@H](C(=O)Cn4cc5ccncc5n4)CC[C@@H]32)C1.CCOC[C@@]1(O)CC[C@H]2[C@@H](CC[C@@H]3[C@@H]2CC[C@]2(C)[C@@H](C(=O)Cn4nc5ccccc5n4)CC[C@@H]32)C1.CCOC[C@@]1(O)CC[C@H]2[C@@H](CC[C@@H]3[C@@H]2CC[C@]2(C)[C@@H](C(=O)Cn4ncc5ccncc54)CC[C@@H]32)C1.CCOC[C@@]1(O)CC[C@H]2[C@@H](CC[C@@H]3[C@@H]2CC[C@]2(C)[C@@H](C(=O)Cn4nnc5ccccc54)CC[C@@H]32)C1. The van der Waals surface area contributed by atoms with Gasteiger partial charge in [0.1, 0.15) is 41.7 Å². The normalized spacial score (nSPS) is 40.8. The second kappa shape index (κ2) is 40.2. The molecule has 0 bridgehead atoms. The zero-order valence-electron chi connectivity index (χ0n) is 85.5. The fraction of sp³-hybridized carbons (Fsp3) is 0.759. The van der Waals surface area contributed by atoms with Gasteiger partial charge in [-0.1, -0.05) is 57.2 Å². The summed E-state index contributed by atoms with van der Waals surface area (Å²) in [5.41, 5.74) is 3.31. The Bertz CT molecular complexity index is 5270. The molecule has 0 aliphatic heterocycles. The number of ketones is 4. The van der Waals surface area contributed by atoms with Gasteiger partial charge in [-0.2, -0.15) is 25.2 Å². The zero-order valence-corrected chi connectivity index (χ0v) is 85.5. The van der Waals surface area contributed by atoms with Crippen molar-refractivity contribution < 1.29 is 58.6 Å². The van der Waals surface area contributed by atoms with Crippen LogP contribution >= 0.6 is 0 Å². The summed E-state index contributed by atoms with van der Waals surface area (Å²) in [5.74, 6) is 16.2. The van der Waals surface area contributed by atoms with E-state index in [-0.39, 0.29) is 45.3 Å². The molecular formula is C116H164N12O12. The number of ether oxygens (including phenoxy) is 4. The third-order valence-electron chi connectivity index (χ3n) is 43.0. The number of fused-ring (bicyclic) bond motifs is 24. The third-order valence-corrected chi connectivity index (χ3v) is 43.0. The summed E-state index contributed by atoms with van der Waals surface area (Å²) in [7, 11) is 0. The average molecular weight is 1920 g/mol. The molecule has 24 nitrogen and oxygen atoms in total. The topological polar surface area (TPSA) is 309 Å². The van der Waals surface area contributed by atoms with Gasteiger partial charge in [0, 0.05) is 79.5 Å². The molecule has 16 saturated carbocycles. The minimum Gasteiger partial charge on any atom is -0.387 e. The van der Waals surface area contributed by atoms with E-state index in [4.69, 9.17) is 18.9 Å². The quantitative estimate of drug-likeness (QED) is 0.0437. The molecule has 2 aromatic carbocycles. The van der Waals surface area contributed by atoms with E-state index in [1.165, 1.54) is 122 Å². The standard InChI is InChI=1S/4C29H41N3O3/c1-3-35-18-29(34)12-9-21-19(14-29)4-5-23-22(21)8-11-28(2)24(23)6-7-25(28)27(33)17-32-16-20-10-13-30-15-26(20)31-32;1-3-35-18-29(34)12-9-21-19(14-29)4-5-23-22(21)8-11-28(2)24(23)6-7-25(28)27(33)17-32-26-16-30-13-10-20(26)15-31-32;1-3-35-18-29(34)15-13-20-19(16-29)8-9-22-21(20)12-14-28(2)23(22)10-11-24(28)27(33)17-32-26-7-5-4-6-25(26)30-31-32;1-3-35-18-29(34)15-13-20-19(16-29)8-9-22-21(20)12-14-28(2)23(22)10-11-24(28)27(33)17-32-30-25-6-4-5-7-26(25)31-32/h2*10,13,15-16,19,21-25,34H,3-9,11-12,14,17-18H2,1-2H3;2*4-7,19-24,34H,3,8-18H2,1-2H3/t2*19-,21-,22+,23+,24-,25+,28-,29+;2*19-,20-,21+,22+,23-,24+,28-,29+/m0000/s1. The highest BCUT2D eigenvalue weighted by atomic mass is 16.5. The van der Waals surface area contributed by atoms with Crippen LogP contribution in [0.4, 0.5) is 0 Å². The summed E-state index contributed by atoms with van der Waals surface area (Å²) >= 11 is 0. The lowest BCUT2D eigenvalue weighted by Crippen LogP contribution is -2.52. The van der Waals surface area contributed by atoms with Gasteiger partial charge in [-0.3, -0.25) is 38.5 Å². The van der Waals surface area contributed by atoms with Crippen LogP contribution in [0, 0.1) is 164 Å². The van der Waals surface area contributed by atoms with Crippen molar-refractivity contribution in [1.82, 2.24) is 59.5 Å². The van der Waals surface area contributed by atoms with Gasteiger partial charge >= 0.3 is 0 Å². The van der Waals surface area contributed by atoms with Gasteiger partial charge in [-0.15, -0.1) is 5.10 Å². The van der Waals surface area contributed by atoms with Gasteiger partial charge in [-0.05, 0) is 435 Å². The van der Waals surface area contributed by atoms with Crippen molar-refractivity contribution in [3.8, 4) is 0 Å². The van der Waals surface area contributed by atoms with E-state index in [0.29, 0.717) is 150 Å². The molecule has 8 aromatic rings. The molecule has 6 heterocycles. The van der Waals surface area contributed by atoms with E-state index in [9.17, 15) is 39.6 Å². The summed E-state index contributed by atoms with van der Waals surface area (Å²) in [6.45, 7) is 23.8. The number of benzene rings is 2. The molecule has 24 heteroatoms. The highest BCUT2D eigenvalue weighted by Gasteiger charge is 2.65. The molecule has 24 rings (SSSR count). The Morgan fingerprint density at radius 1 is 0.336 bits per heavy atom. The maximum absolute atomic E-state index is 13.6. The molecule has 16 fully saturated rings. The lowest BCUT2D eigenvalue weighted by atomic mass is 9.49. The number of hydrogen-bond donors (Lipinski definition) is 4. The molecule has 140 heavy (non-hydrogen) atoms. The number of Topliss-reactive ketones (excluding diaryl/α,β-unsaturated/α-hetero) is 4. The molecule has 0 radical (unpaired) electrons. The van der Waals surface area contributed by atoms with Crippen molar-refractivity contribution in [2.45, 2.75) is 335 Å². The maximum Gasteiger partial charge on any atom is 0.159 e. The van der Waals surface area contributed by atoms with E-state index < -0.39 is 22.4 Å².